The van der Waals surface area contributed by atoms with E-state index in [-0.39, 0.29) is 15.1 Å². The zero-order chi connectivity index (χ0) is 14.0. The number of pyridine rings is 1. The van der Waals surface area contributed by atoms with Gasteiger partial charge in [-0.1, -0.05) is 0 Å². The first-order valence-corrected chi connectivity index (χ1v) is 7.33. The van der Waals surface area contributed by atoms with Crippen molar-refractivity contribution in [1.82, 2.24) is 4.98 Å². The third-order valence-electron chi connectivity index (χ3n) is 2.24. The summed E-state index contributed by atoms with van der Waals surface area (Å²) in [4.78, 5) is 13.0. The van der Waals surface area contributed by atoms with Crippen molar-refractivity contribution >= 4 is 31.6 Å². The van der Waals surface area contributed by atoms with Crippen LogP contribution in [0.5, 0.6) is 0 Å². The summed E-state index contributed by atoms with van der Waals surface area (Å²) in [6, 6.07) is 6.02. The predicted molar refractivity (Wildman–Crippen MR) is 72.0 cm³/mol. The van der Waals surface area contributed by atoms with Crippen molar-refractivity contribution in [1.29, 1.82) is 0 Å². The van der Waals surface area contributed by atoms with Crippen LogP contribution in [0.1, 0.15) is 0 Å². The second-order valence-electron chi connectivity index (χ2n) is 3.62. The number of halogens is 2. The molecule has 0 spiro atoms. The Balaban J connectivity index is 2.33. The highest BCUT2D eigenvalue weighted by atomic mass is 79.9. The molecule has 5 nitrogen and oxygen atoms in total. The van der Waals surface area contributed by atoms with Crippen molar-refractivity contribution in [3.8, 4) is 0 Å². The number of rotatable bonds is 3. The maximum Gasteiger partial charge on any atom is 0.263 e. The third-order valence-corrected chi connectivity index (χ3v) is 4.22. The number of hydrogen-bond acceptors (Lipinski definition) is 3. The standard InChI is InChI=1S/C11H8BrFN2O3S/c12-9-5-7(1-3-10(9)13)15-19(17,18)8-2-4-11(16)14-6-8/h1-6,15H,(H,14,16). The molecule has 2 rings (SSSR count). The monoisotopic (exact) mass is 346 g/mol. The topological polar surface area (TPSA) is 79.0 Å². The van der Waals surface area contributed by atoms with Gasteiger partial charge < -0.3 is 4.98 Å². The maximum absolute atomic E-state index is 13.0. The Labute approximate surface area is 116 Å². The molecule has 0 saturated heterocycles. The Morgan fingerprint density at radius 3 is 2.53 bits per heavy atom. The molecule has 0 radical (unpaired) electrons. The number of sulfonamides is 1. The summed E-state index contributed by atoms with van der Waals surface area (Å²) in [6.45, 7) is 0. The van der Waals surface area contributed by atoms with Gasteiger partial charge in [0.2, 0.25) is 5.56 Å². The van der Waals surface area contributed by atoms with E-state index in [1.165, 1.54) is 18.2 Å². The highest BCUT2D eigenvalue weighted by molar-refractivity contribution is 9.10. The van der Waals surface area contributed by atoms with Gasteiger partial charge in [0.15, 0.2) is 0 Å². The van der Waals surface area contributed by atoms with Gasteiger partial charge in [-0.25, -0.2) is 12.8 Å². The molecular weight excluding hydrogens is 339 g/mol. The molecule has 19 heavy (non-hydrogen) atoms. The summed E-state index contributed by atoms with van der Waals surface area (Å²) in [5.74, 6) is -0.494. The summed E-state index contributed by atoms with van der Waals surface area (Å²) in [5.41, 5.74) is -0.192. The molecule has 0 atom stereocenters. The highest BCUT2D eigenvalue weighted by Crippen LogP contribution is 2.22. The Morgan fingerprint density at radius 1 is 1.21 bits per heavy atom. The Kier molecular flexibility index (Phi) is 3.72. The maximum atomic E-state index is 13.0. The van der Waals surface area contributed by atoms with Crippen molar-refractivity contribution in [3.63, 3.8) is 0 Å². The van der Waals surface area contributed by atoms with E-state index in [9.17, 15) is 17.6 Å². The molecule has 1 heterocycles. The van der Waals surface area contributed by atoms with Gasteiger partial charge in [0.05, 0.1) is 10.2 Å². The molecular formula is C11H8BrFN2O3S. The minimum Gasteiger partial charge on any atom is -0.328 e. The second kappa shape index (κ2) is 5.14. The smallest absolute Gasteiger partial charge is 0.263 e. The number of nitrogens with one attached hydrogen (secondary N) is 2. The number of benzene rings is 1. The number of aromatic nitrogens is 1. The molecule has 0 amide bonds. The van der Waals surface area contributed by atoms with Gasteiger partial charge in [-0.3, -0.25) is 9.52 Å². The molecule has 0 fully saturated rings. The summed E-state index contributed by atoms with van der Waals surface area (Å²) in [6.07, 6.45) is 1.09. The molecule has 0 saturated carbocycles. The van der Waals surface area contributed by atoms with Gasteiger partial charge >= 0.3 is 0 Å². The van der Waals surface area contributed by atoms with E-state index in [4.69, 9.17) is 0 Å². The van der Waals surface area contributed by atoms with Crippen LogP contribution in [0.3, 0.4) is 0 Å². The first-order chi connectivity index (χ1) is 8.88. The number of H-pyrrole nitrogens is 1. The summed E-state index contributed by atoms with van der Waals surface area (Å²) in [5, 5.41) is 0. The van der Waals surface area contributed by atoms with Gasteiger partial charge in [-0.2, -0.15) is 0 Å². The van der Waals surface area contributed by atoms with Gasteiger partial charge in [0.1, 0.15) is 10.7 Å². The van der Waals surface area contributed by atoms with E-state index >= 15 is 0 Å². The first-order valence-electron chi connectivity index (χ1n) is 5.05. The van der Waals surface area contributed by atoms with E-state index in [0.29, 0.717) is 0 Å². The normalized spacial score (nSPS) is 11.3. The Bertz CT molecular complexity index is 753. The lowest BCUT2D eigenvalue weighted by Crippen LogP contribution is -2.15. The number of anilines is 1. The molecule has 1 aromatic heterocycles. The molecule has 100 valence electrons. The highest BCUT2D eigenvalue weighted by Gasteiger charge is 2.14. The van der Waals surface area contributed by atoms with Crippen LogP contribution in [-0.4, -0.2) is 13.4 Å². The van der Waals surface area contributed by atoms with E-state index in [0.717, 1.165) is 18.3 Å². The predicted octanol–water partition coefficient (Wildman–Crippen LogP) is 2.08. The van der Waals surface area contributed by atoms with Crippen LogP contribution >= 0.6 is 15.9 Å². The van der Waals surface area contributed by atoms with Crippen molar-refractivity contribution in [3.05, 3.63) is 57.2 Å². The van der Waals surface area contributed by atoms with Gasteiger partial charge in [0.25, 0.3) is 10.0 Å². The van der Waals surface area contributed by atoms with Crippen molar-refractivity contribution in [2.24, 2.45) is 0 Å². The zero-order valence-corrected chi connectivity index (χ0v) is 11.8. The SMILES string of the molecule is O=c1ccc(S(=O)(=O)Nc2ccc(F)c(Br)c2)c[nH]1. The minimum absolute atomic E-state index is 0.0902. The first kappa shape index (κ1) is 13.8. The van der Waals surface area contributed by atoms with Crippen LogP contribution in [0.15, 0.2) is 50.7 Å². The van der Waals surface area contributed by atoms with Gasteiger partial charge in [-0.15, -0.1) is 0 Å². The average Bonchev–Trinajstić information content (AvgIpc) is 2.34. The lowest BCUT2D eigenvalue weighted by atomic mass is 10.3. The van der Waals surface area contributed by atoms with E-state index in [1.807, 2.05) is 0 Å². The van der Waals surface area contributed by atoms with E-state index in [2.05, 4.69) is 25.6 Å². The van der Waals surface area contributed by atoms with Crippen LogP contribution < -0.4 is 10.3 Å². The quantitative estimate of drug-likeness (QED) is 0.892. The molecule has 1 aromatic carbocycles. The second-order valence-corrected chi connectivity index (χ2v) is 6.16. The Hall–Kier alpha value is -1.67. The molecule has 0 unspecified atom stereocenters. The zero-order valence-electron chi connectivity index (χ0n) is 9.35. The fourth-order valence-corrected chi connectivity index (χ4v) is 2.73. The average molecular weight is 347 g/mol. The molecule has 0 aliphatic rings. The van der Waals surface area contributed by atoms with Crippen LogP contribution in [0.25, 0.3) is 0 Å². The van der Waals surface area contributed by atoms with Crippen LogP contribution in [0.4, 0.5) is 10.1 Å². The van der Waals surface area contributed by atoms with Crippen molar-refractivity contribution in [2.45, 2.75) is 4.90 Å². The van der Waals surface area contributed by atoms with Crippen molar-refractivity contribution in [2.75, 3.05) is 4.72 Å². The molecule has 8 heteroatoms. The molecule has 2 N–H and O–H groups in total. The molecule has 0 bridgehead atoms. The number of hydrogen-bond donors (Lipinski definition) is 2. The van der Waals surface area contributed by atoms with Gasteiger partial charge in [-0.05, 0) is 40.2 Å². The van der Waals surface area contributed by atoms with E-state index < -0.39 is 21.4 Å². The lowest BCUT2D eigenvalue weighted by Gasteiger charge is -2.08. The van der Waals surface area contributed by atoms with Gasteiger partial charge in [0, 0.05) is 12.3 Å². The Morgan fingerprint density at radius 2 is 1.95 bits per heavy atom. The summed E-state index contributed by atoms with van der Waals surface area (Å²) >= 11 is 2.96. The fourth-order valence-electron chi connectivity index (χ4n) is 1.34. The summed E-state index contributed by atoms with van der Waals surface area (Å²) in [7, 11) is -3.82. The third kappa shape index (κ3) is 3.21. The fraction of sp³-hybridized carbons (Fsp3) is 0. The van der Waals surface area contributed by atoms with Crippen LogP contribution in [0.2, 0.25) is 0 Å². The number of aromatic amines is 1. The lowest BCUT2D eigenvalue weighted by molar-refractivity contribution is 0.600. The van der Waals surface area contributed by atoms with Crippen molar-refractivity contribution < 1.29 is 12.8 Å². The van der Waals surface area contributed by atoms with Crippen LogP contribution in [0, 0.1) is 5.82 Å². The largest absolute Gasteiger partial charge is 0.328 e. The molecule has 0 aliphatic carbocycles. The summed E-state index contributed by atoms with van der Waals surface area (Å²) < 4.78 is 39.4. The van der Waals surface area contributed by atoms with E-state index in [1.54, 1.807) is 0 Å². The minimum atomic E-state index is -3.82. The molecule has 2 aromatic rings. The van der Waals surface area contributed by atoms with Crippen LogP contribution in [-0.2, 0) is 10.0 Å². The molecule has 0 aliphatic heterocycles.